The molecule has 10 heteroatoms. The van der Waals surface area contributed by atoms with Crippen molar-refractivity contribution in [2.24, 2.45) is 5.92 Å². The number of carboxylic acids is 1. The van der Waals surface area contributed by atoms with Gasteiger partial charge in [0.2, 0.25) is 0 Å². The Labute approximate surface area is 215 Å². The molecule has 0 aliphatic heterocycles. The molecule has 3 heterocycles. The highest BCUT2D eigenvalue weighted by Gasteiger charge is 2.19. The van der Waals surface area contributed by atoms with E-state index >= 15 is 0 Å². The van der Waals surface area contributed by atoms with Crippen LogP contribution in [0.2, 0.25) is 10.0 Å². The molecule has 0 amide bonds. The average Bonchev–Trinajstić information content (AvgIpc) is 3.22. The second-order valence-electron chi connectivity index (χ2n) is 8.32. The molecule has 7 nitrogen and oxygen atoms in total. The molecule has 0 spiro atoms. The van der Waals surface area contributed by atoms with Crippen LogP contribution < -0.4 is 10.9 Å². The van der Waals surface area contributed by atoms with Gasteiger partial charge in [-0.15, -0.1) is 11.3 Å². The van der Waals surface area contributed by atoms with E-state index in [1.54, 1.807) is 24.3 Å². The van der Waals surface area contributed by atoms with Crippen LogP contribution in [-0.2, 0) is 6.42 Å². The number of anilines is 2. The van der Waals surface area contributed by atoms with Gasteiger partial charge in [-0.05, 0) is 49.1 Å². The third-order valence-corrected chi connectivity index (χ3v) is 7.08. The first-order chi connectivity index (χ1) is 16.7. The third kappa shape index (κ3) is 5.73. The maximum Gasteiger partial charge on any atom is 0.339 e. The van der Waals surface area contributed by atoms with Crippen LogP contribution in [0.25, 0.3) is 22.4 Å². The number of aryl methyl sites for hydroxylation is 1. The van der Waals surface area contributed by atoms with Crippen LogP contribution in [0.5, 0.6) is 0 Å². The van der Waals surface area contributed by atoms with Gasteiger partial charge in [0.05, 0.1) is 15.7 Å². The van der Waals surface area contributed by atoms with Gasteiger partial charge in [-0.2, -0.15) is 0 Å². The molecule has 1 aromatic carbocycles. The third-order valence-electron chi connectivity index (χ3n) is 5.31. The van der Waals surface area contributed by atoms with Crippen molar-refractivity contribution in [2.75, 3.05) is 5.32 Å². The predicted octanol–water partition coefficient (Wildman–Crippen LogP) is 6.90. The number of hydrogen-bond acceptors (Lipinski definition) is 6. The summed E-state index contributed by atoms with van der Waals surface area (Å²) in [5.74, 6) is -0.530. The second kappa shape index (κ2) is 10.6. The largest absolute Gasteiger partial charge is 0.478 e. The summed E-state index contributed by atoms with van der Waals surface area (Å²) in [7, 11) is 0. The minimum Gasteiger partial charge on any atom is -0.478 e. The summed E-state index contributed by atoms with van der Waals surface area (Å²) in [5.41, 5.74) is 1.94. The molecule has 0 saturated carbocycles. The molecule has 35 heavy (non-hydrogen) atoms. The number of benzene rings is 1. The molecular formula is C25H22Cl2N4O3S. The van der Waals surface area contributed by atoms with Gasteiger partial charge in [-0.1, -0.05) is 43.1 Å². The molecule has 0 atom stereocenters. The Balaban J connectivity index is 1.72. The number of aromatic carboxylic acids is 1. The molecule has 0 saturated heterocycles. The van der Waals surface area contributed by atoms with Crippen LogP contribution in [0.1, 0.15) is 35.5 Å². The number of aromatic amines is 1. The fourth-order valence-corrected chi connectivity index (χ4v) is 4.78. The van der Waals surface area contributed by atoms with Crippen LogP contribution in [0.4, 0.5) is 10.9 Å². The fourth-order valence-electron chi connectivity index (χ4n) is 3.49. The fraction of sp³-hybridized carbons (Fsp3) is 0.200. The molecule has 4 rings (SSSR count). The number of H-pyrrole nitrogens is 1. The lowest BCUT2D eigenvalue weighted by Gasteiger charge is -2.08. The monoisotopic (exact) mass is 528 g/mol. The predicted molar refractivity (Wildman–Crippen MR) is 141 cm³/mol. The lowest BCUT2D eigenvalue weighted by atomic mass is 10.0. The SMILES string of the molecule is CC(C)CCc1sc(Nc2ncc(-c3ccc[nH]c3=O)cc2C(=O)O)nc1-c1ccc(Cl)c(Cl)c1. The quantitative estimate of drug-likeness (QED) is 0.229. The molecule has 0 aliphatic rings. The van der Waals surface area contributed by atoms with E-state index in [2.05, 4.69) is 29.1 Å². The Bertz CT molecular complexity index is 1450. The van der Waals surface area contributed by atoms with Crippen molar-refractivity contribution in [1.82, 2.24) is 15.0 Å². The zero-order valence-corrected chi connectivity index (χ0v) is 21.3. The maximum atomic E-state index is 12.1. The molecular weight excluding hydrogens is 507 g/mol. The van der Waals surface area contributed by atoms with Crippen molar-refractivity contribution < 1.29 is 9.90 Å². The van der Waals surface area contributed by atoms with E-state index in [-0.39, 0.29) is 16.9 Å². The highest BCUT2D eigenvalue weighted by molar-refractivity contribution is 7.16. The van der Waals surface area contributed by atoms with Crippen LogP contribution in [0.3, 0.4) is 0 Å². The van der Waals surface area contributed by atoms with Gasteiger partial charge in [0.15, 0.2) is 5.13 Å². The van der Waals surface area contributed by atoms with Crippen molar-refractivity contribution in [3.8, 4) is 22.4 Å². The molecule has 0 unspecified atom stereocenters. The van der Waals surface area contributed by atoms with Crippen molar-refractivity contribution >= 4 is 51.5 Å². The average molecular weight is 529 g/mol. The summed E-state index contributed by atoms with van der Waals surface area (Å²) in [6.45, 7) is 4.31. The van der Waals surface area contributed by atoms with Gasteiger partial charge in [-0.25, -0.2) is 14.8 Å². The number of halogens is 2. The standard InChI is InChI=1S/C25H22Cl2N4O3S/c1-13(2)5-8-20-21(14-6-7-18(26)19(27)11-14)30-25(35-20)31-22-17(24(33)34)10-15(12-29-22)16-4-3-9-28-23(16)32/h3-4,6-7,9-13H,5,8H2,1-2H3,(H,28,32)(H,33,34)(H,29,30,31). The van der Waals surface area contributed by atoms with Crippen molar-refractivity contribution in [1.29, 1.82) is 0 Å². The normalized spacial score (nSPS) is 11.1. The number of aromatic nitrogens is 3. The number of nitrogens with zero attached hydrogens (tertiary/aromatic N) is 2. The highest BCUT2D eigenvalue weighted by Crippen LogP contribution is 2.37. The second-order valence-corrected chi connectivity index (χ2v) is 10.2. The van der Waals surface area contributed by atoms with E-state index in [1.165, 1.54) is 29.8 Å². The van der Waals surface area contributed by atoms with E-state index in [9.17, 15) is 14.7 Å². The van der Waals surface area contributed by atoms with Crippen LogP contribution >= 0.6 is 34.5 Å². The van der Waals surface area contributed by atoms with Gasteiger partial charge in [0, 0.05) is 34.0 Å². The summed E-state index contributed by atoms with van der Waals surface area (Å²) < 4.78 is 0. The van der Waals surface area contributed by atoms with Crippen LogP contribution in [0, 0.1) is 5.92 Å². The van der Waals surface area contributed by atoms with E-state index in [1.807, 2.05) is 6.07 Å². The summed E-state index contributed by atoms with van der Waals surface area (Å²) in [4.78, 5) is 36.8. The highest BCUT2D eigenvalue weighted by atomic mass is 35.5. The molecule has 0 bridgehead atoms. The maximum absolute atomic E-state index is 12.1. The zero-order chi connectivity index (χ0) is 25.1. The van der Waals surface area contributed by atoms with Crippen molar-refractivity contribution in [3.05, 3.63) is 79.6 Å². The minimum atomic E-state index is -1.17. The number of pyridine rings is 2. The Morgan fingerprint density at radius 1 is 1.17 bits per heavy atom. The van der Waals surface area contributed by atoms with Gasteiger partial charge in [0.1, 0.15) is 11.4 Å². The van der Waals surface area contributed by atoms with Gasteiger partial charge in [0.25, 0.3) is 5.56 Å². The van der Waals surface area contributed by atoms with Gasteiger partial charge >= 0.3 is 5.97 Å². The van der Waals surface area contributed by atoms with Gasteiger partial charge < -0.3 is 15.4 Å². The Morgan fingerprint density at radius 2 is 1.97 bits per heavy atom. The van der Waals surface area contributed by atoms with Crippen LogP contribution in [0.15, 0.2) is 53.6 Å². The summed E-state index contributed by atoms with van der Waals surface area (Å²) in [6, 6.07) is 10.1. The minimum absolute atomic E-state index is 0.0687. The Morgan fingerprint density at radius 3 is 2.66 bits per heavy atom. The summed E-state index contributed by atoms with van der Waals surface area (Å²) in [5, 5.41) is 14.3. The molecule has 3 N–H and O–H groups in total. The lowest BCUT2D eigenvalue weighted by Crippen LogP contribution is -2.09. The molecule has 0 fully saturated rings. The van der Waals surface area contributed by atoms with E-state index < -0.39 is 5.97 Å². The molecule has 4 aromatic rings. The number of carbonyl (C=O) groups is 1. The number of hydrogen-bond donors (Lipinski definition) is 3. The number of thiazole rings is 1. The van der Waals surface area contributed by atoms with Crippen LogP contribution in [-0.4, -0.2) is 26.0 Å². The number of nitrogens with one attached hydrogen (secondary N) is 2. The van der Waals surface area contributed by atoms with E-state index in [4.69, 9.17) is 28.2 Å². The zero-order valence-electron chi connectivity index (χ0n) is 18.9. The Hall–Kier alpha value is -3.20. The Kier molecular flexibility index (Phi) is 7.54. The van der Waals surface area contributed by atoms with Crippen molar-refractivity contribution in [2.45, 2.75) is 26.7 Å². The molecule has 0 radical (unpaired) electrons. The van der Waals surface area contributed by atoms with Crippen molar-refractivity contribution in [3.63, 3.8) is 0 Å². The molecule has 180 valence electrons. The van der Waals surface area contributed by atoms with E-state index in [0.717, 1.165) is 29.0 Å². The van der Waals surface area contributed by atoms with Gasteiger partial charge in [-0.3, -0.25) is 4.79 Å². The smallest absolute Gasteiger partial charge is 0.339 e. The first-order valence-corrected chi connectivity index (χ1v) is 12.4. The van der Waals surface area contributed by atoms with E-state index in [0.29, 0.717) is 32.2 Å². The number of carboxylic acid groups (broad SMARTS) is 1. The molecule has 3 aromatic heterocycles. The lowest BCUT2D eigenvalue weighted by molar-refractivity contribution is 0.0697. The first-order valence-electron chi connectivity index (χ1n) is 10.9. The first kappa shape index (κ1) is 24.9. The topological polar surface area (TPSA) is 108 Å². The molecule has 0 aliphatic carbocycles. The number of rotatable bonds is 8. The summed E-state index contributed by atoms with van der Waals surface area (Å²) >= 11 is 13.8. The summed E-state index contributed by atoms with van der Waals surface area (Å²) in [6.07, 6.45) is 4.75.